The topological polar surface area (TPSA) is 147 Å². The zero-order chi connectivity index (χ0) is 25.8. The highest BCUT2D eigenvalue weighted by Gasteiger charge is 2.15. The number of nitrogens with zero attached hydrogens (tertiary/aromatic N) is 2. The molecule has 12 heteroatoms. The normalized spacial score (nSPS) is 11.4. The zero-order valence-electron chi connectivity index (χ0n) is 19.9. The van der Waals surface area contributed by atoms with Crippen molar-refractivity contribution in [3.63, 3.8) is 0 Å². The lowest BCUT2D eigenvalue weighted by Gasteiger charge is -2.13. The number of nitro groups is 1. The smallest absolute Gasteiger partial charge is 0.288 e. The molecular weight excluding hydrogens is 478 g/mol. The van der Waals surface area contributed by atoms with Gasteiger partial charge in [-0.05, 0) is 31.6 Å². The highest BCUT2D eigenvalue weighted by molar-refractivity contribution is 7.90. The maximum atomic E-state index is 12.2. The fourth-order valence-electron chi connectivity index (χ4n) is 2.88. The van der Waals surface area contributed by atoms with Crippen molar-refractivity contribution >= 4 is 27.7 Å². The lowest BCUT2D eigenvalue weighted by molar-refractivity contribution is -0.385. The van der Waals surface area contributed by atoms with Gasteiger partial charge in [0.15, 0.2) is 0 Å². The van der Waals surface area contributed by atoms with E-state index in [2.05, 4.69) is 4.98 Å². The van der Waals surface area contributed by atoms with Crippen LogP contribution in [0.5, 0.6) is 17.4 Å². The number of hydrogen-bond acceptors (Lipinski definition) is 9. The second kappa shape index (κ2) is 13.4. The summed E-state index contributed by atoms with van der Waals surface area (Å²) < 4.78 is 42.6. The highest BCUT2D eigenvalue weighted by atomic mass is 32.2. The molecule has 190 valence electrons. The SMILES string of the molecule is CCCCCS(=O)(=O)NC(=O)C=Cc1ccc(OCCOC)cc1Oc1ncc([N+](=O)[O-])cc1C. The fourth-order valence-corrected chi connectivity index (χ4v) is 3.94. The molecule has 1 aromatic heterocycles. The maximum absolute atomic E-state index is 12.2. The van der Waals surface area contributed by atoms with Gasteiger partial charge in [-0.2, -0.15) is 0 Å². The predicted octanol–water partition coefficient (Wildman–Crippen LogP) is 3.77. The number of hydrogen-bond donors (Lipinski definition) is 1. The summed E-state index contributed by atoms with van der Waals surface area (Å²) in [7, 11) is -2.19. The number of benzene rings is 1. The van der Waals surface area contributed by atoms with Crippen molar-refractivity contribution in [2.75, 3.05) is 26.1 Å². The number of aryl methyl sites for hydroxylation is 1. The van der Waals surface area contributed by atoms with Gasteiger partial charge >= 0.3 is 0 Å². The number of methoxy groups -OCH3 is 1. The van der Waals surface area contributed by atoms with E-state index in [1.54, 1.807) is 32.2 Å². The molecule has 1 N–H and O–H groups in total. The van der Waals surface area contributed by atoms with Crippen LogP contribution in [0.25, 0.3) is 6.08 Å². The molecule has 11 nitrogen and oxygen atoms in total. The van der Waals surface area contributed by atoms with Crippen LogP contribution in [0, 0.1) is 17.0 Å². The quantitative estimate of drug-likeness (QED) is 0.175. The third kappa shape index (κ3) is 9.33. The summed E-state index contributed by atoms with van der Waals surface area (Å²) in [5.74, 6) is -0.0939. The van der Waals surface area contributed by atoms with E-state index in [4.69, 9.17) is 14.2 Å². The third-order valence-corrected chi connectivity index (χ3v) is 6.00. The Morgan fingerprint density at radius 3 is 2.66 bits per heavy atom. The summed E-state index contributed by atoms with van der Waals surface area (Å²) in [5.41, 5.74) is 0.682. The molecule has 0 saturated heterocycles. The first-order valence-electron chi connectivity index (χ1n) is 10.9. The number of nitrogens with one attached hydrogen (secondary N) is 1. The Kier molecular flexibility index (Phi) is 10.6. The van der Waals surface area contributed by atoms with Crippen LogP contribution in [0.3, 0.4) is 0 Å². The largest absolute Gasteiger partial charge is 0.491 e. The van der Waals surface area contributed by atoms with Gasteiger partial charge in [0.05, 0.1) is 17.3 Å². The molecule has 1 heterocycles. The van der Waals surface area contributed by atoms with E-state index in [1.807, 2.05) is 11.6 Å². The molecule has 35 heavy (non-hydrogen) atoms. The Morgan fingerprint density at radius 2 is 2.00 bits per heavy atom. The van der Waals surface area contributed by atoms with Crippen molar-refractivity contribution in [2.24, 2.45) is 0 Å². The molecule has 2 rings (SSSR count). The molecule has 0 atom stereocenters. The molecule has 0 unspecified atom stereocenters. The molecule has 0 fully saturated rings. The van der Waals surface area contributed by atoms with E-state index < -0.39 is 20.9 Å². The minimum atomic E-state index is -3.73. The van der Waals surface area contributed by atoms with Gasteiger partial charge in [0.2, 0.25) is 15.9 Å². The molecule has 0 saturated carbocycles. The Labute approximate surface area is 204 Å². The van der Waals surface area contributed by atoms with E-state index in [9.17, 15) is 23.3 Å². The average molecular weight is 508 g/mol. The third-order valence-electron chi connectivity index (χ3n) is 4.66. The number of unbranched alkanes of at least 4 members (excludes halogenated alkanes) is 2. The molecule has 0 aliphatic carbocycles. The Balaban J connectivity index is 2.26. The Hall–Kier alpha value is -3.51. The molecule has 0 aliphatic rings. The molecule has 0 radical (unpaired) electrons. The number of aromatic nitrogens is 1. The van der Waals surface area contributed by atoms with Gasteiger partial charge in [0.1, 0.15) is 24.3 Å². The van der Waals surface area contributed by atoms with Gasteiger partial charge in [0.25, 0.3) is 11.6 Å². The van der Waals surface area contributed by atoms with E-state index >= 15 is 0 Å². The second-order valence-electron chi connectivity index (χ2n) is 7.54. The summed E-state index contributed by atoms with van der Waals surface area (Å²) in [4.78, 5) is 26.6. The van der Waals surface area contributed by atoms with E-state index in [1.165, 1.54) is 12.1 Å². The fraction of sp³-hybridized carbons (Fsp3) is 0.391. The lowest BCUT2D eigenvalue weighted by Crippen LogP contribution is -2.31. The van der Waals surface area contributed by atoms with Gasteiger partial charge < -0.3 is 14.2 Å². The van der Waals surface area contributed by atoms with Crippen LogP contribution in [0.2, 0.25) is 0 Å². The van der Waals surface area contributed by atoms with Crippen molar-refractivity contribution in [1.82, 2.24) is 9.71 Å². The van der Waals surface area contributed by atoms with Crippen LogP contribution >= 0.6 is 0 Å². The average Bonchev–Trinajstić information content (AvgIpc) is 2.79. The van der Waals surface area contributed by atoms with Crippen LogP contribution in [0.1, 0.15) is 37.3 Å². The molecule has 0 spiro atoms. The van der Waals surface area contributed by atoms with Crippen molar-refractivity contribution in [1.29, 1.82) is 0 Å². The first-order valence-corrected chi connectivity index (χ1v) is 12.6. The number of rotatable bonds is 14. The van der Waals surface area contributed by atoms with Crippen LogP contribution in [0.4, 0.5) is 5.69 Å². The van der Waals surface area contributed by atoms with E-state index in [-0.39, 0.29) is 29.7 Å². The minimum Gasteiger partial charge on any atom is -0.491 e. The zero-order valence-corrected chi connectivity index (χ0v) is 20.7. The molecule has 1 aromatic carbocycles. The Morgan fingerprint density at radius 1 is 1.23 bits per heavy atom. The summed E-state index contributed by atoms with van der Waals surface area (Å²) in [6.07, 6.45) is 5.63. The number of sulfonamides is 1. The van der Waals surface area contributed by atoms with Gasteiger partial charge in [-0.15, -0.1) is 0 Å². The van der Waals surface area contributed by atoms with Crippen LogP contribution in [0.15, 0.2) is 36.5 Å². The molecule has 1 amide bonds. The second-order valence-corrected chi connectivity index (χ2v) is 9.38. The highest BCUT2D eigenvalue weighted by Crippen LogP contribution is 2.32. The number of carbonyl (C=O) groups is 1. The first kappa shape index (κ1) is 27.7. The molecular formula is C23H29N3O8S. The van der Waals surface area contributed by atoms with Crippen molar-refractivity contribution in [3.8, 4) is 17.4 Å². The van der Waals surface area contributed by atoms with Gasteiger partial charge in [-0.3, -0.25) is 14.9 Å². The molecule has 0 aliphatic heterocycles. The Bertz CT molecular complexity index is 1170. The van der Waals surface area contributed by atoms with E-state index in [0.717, 1.165) is 25.1 Å². The minimum absolute atomic E-state index is 0.127. The monoisotopic (exact) mass is 507 g/mol. The summed E-state index contributed by atoms with van der Waals surface area (Å²) in [6.45, 7) is 4.22. The maximum Gasteiger partial charge on any atom is 0.288 e. The number of carbonyl (C=O) groups excluding carboxylic acids is 1. The van der Waals surface area contributed by atoms with Crippen LogP contribution in [-0.2, 0) is 19.6 Å². The van der Waals surface area contributed by atoms with Gasteiger partial charge in [-0.1, -0.05) is 19.8 Å². The number of ether oxygens (including phenoxy) is 3. The summed E-state index contributed by atoms with van der Waals surface area (Å²) in [5, 5.41) is 11.0. The first-order chi connectivity index (χ1) is 16.6. The van der Waals surface area contributed by atoms with Crippen LogP contribution in [-0.4, -0.2) is 50.3 Å². The van der Waals surface area contributed by atoms with Crippen molar-refractivity contribution < 1.29 is 32.3 Å². The predicted molar refractivity (Wildman–Crippen MR) is 130 cm³/mol. The van der Waals surface area contributed by atoms with Crippen molar-refractivity contribution in [3.05, 3.63) is 57.8 Å². The van der Waals surface area contributed by atoms with Gasteiger partial charge in [-0.25, -0.2) is 18.1 Å². The van der Waals surface area contributed by atoms with E-state index in [0.29, 0.717) is 29.9 Å². The van der Waals surface area contributed by atoms with Crippen LogP contribution < -0.4 is 14.2 Å². The standard InChI is InChI=1S/C23H29N3O8S/c1-4-5-6-13-35(30,31)25-22(27)10-8-18-7-9-20(33-12-11-32-3)15-21(18)34-23-17(2)14-19(16-24-23)26(28)29/h7-10,14-16H,4-6,11-13H2,1-3H3,(H,25,27). The lowest BCUT2D eigenvalue weighted by atomic mass is 10.1. The van der Waals surface area contributed by atoms with Gasteiger partial charge in [0, 0.05) is 36.4 Å². The molecule has 2 aromatic rings. The number of amides is 1. The van der Waals surface area contributed by atoms with Crippen molar-refractivity contribution in [2.45, 2.75) is 33.1 Å². The molecule has 0 bridgehead atoms. The number of pyridine rings is 1. The summed E-state index contributed by atoms with van der Waals surface area (Å²) >= 11 is 0. The summed E-state index contributed by atoms with van der Waals surface area (Å²) in [6, 6.07) is 6.17.